The van der Waals surface area contributed by atoms with Crippen LogP contribution in [0.1, 0.15) is 12.5 Å². The first-order valence-corrected chi connectivity index (χ1v) is 3.63. The molecule has 0 aromatic carbocycles. The molecule has 0 aliphatic heterocycles. The van der Waals surface area contributed by atoms with Crippen LogP contribution in [-0.2, 0) is 0 Å². The molecule has 0 N–H and O–H groups in total. The van der Waals surface area contributed by atoms with Crippen LogP contribution in [0.25, 0.3) is 12.3 Å². The van der Waals surface area contributed by atoms with Crippen LogP contribution in [0.4, 0.5) is 0 Å². The molecule has 1 heterocycles. The maximum absolute atomic E-state index is 3.67. The fourth-order valence-electron chi connectivity index (χ4n) is 0.916. The van der Waals surface area contributed by atoms with E-state index in [1.165, 1.54) is 5.56 Å². The van der Waals surface area contributed by atoms with Crippen molar-refractivity contribution in [1.82, 2.24) is 0 Å². The van der Waals surface area contributed by atoms with Crippen LogP contribution in [0.5, 0.6) is 0 Å². The van der Waals surface area contributed by atoms with E-state index < -0.39 is 0 Å². The molecule has 1 aromatic heterocycles. The summed E-state index contributed by atoms with van der Waals surface area (Å²) in [6.07, 6.45) is 9.82. The summed E-state index contributed by atoms with van der Waals surface area (Å²) in [7, 11) is 0. The average Bonchev–Trinajstić information content (AvgIpc) is 2.06. The Kier molecular flexibility index (Phi) is 2.61. The van der Waals surface area contributed by atoms with E-state index in [-0.39, 0.29) is 0 Å². The van der Waals surface area contributed by atoms with Gasteiger partial charge in [0.1, 0.15) is 0 Å². The van der Waals surface area contributed by atoms with E-state index in [2.05, 4.69) is 18.7 Å². The molecule has 0 aliphatic rings. The number of aromatic nitrogens is 1. The Bertz CT molecular complexity index is 274. The molecule has 0 unspecified atom stereocenters. The molecule has 0 atom stereocenters. The maximum atomic E-state index is 3.67. The fourth-order valence-corrected chi connectivity index (χ4v) is 0.916. The van der Waals surface area contributed by atoms with Crippen LogP contribution in [0, 0.1) is 0 Å². The van der Waals surface area contributed by atoms with E-state index in [0.717, 1.165) is 0 Å². The molecule has 1 nitrogen and oxygen atoms in total. The number of hydrogen-bond donors (Lipinski definition) is 0. The van der Waals surface area contributed by atoms with Crippen LogP contribution in [0.3, 0.4) is 0 Å². The van der Waals surface area contributed by atoms with Gasteiger partial charge in [0.2, 0.25) is 0 Å². The number of hydrogen-bond acceptors (Lipinski definition) is 0. The summed E-state index contributed by atoms with van der Waals surface area (Å²) in [5.74, 6) is 0. The highest BCUT2D eigenvalue weighted by Gasteiger charge is 1.93. The minimum absolute atomic E-state index is 1.19. The molecule has 0 fully saturated rings. The normalized spacial score (nSPS) is 10.3. The highest BCUT2D eigenvalue weighted by atomic mass is 14.9. The highest BCUT2D eigenvalue weighted by Crippen LogP contribution is 1.96. The Hall–Kier alpha value is -1.37. The Morgan fingerprint density at radius 3 is 3.00 bits per heavy atom. The van der Waals surface area contributed by atoms with E-state index >= 15 is 0 Å². The van der Waals surface area contributed by atoms with Crippen molar-refractivity contribution in [2.45, 2.75) is 6.92 Å². The van der Waals surface area contributed by atoms with Crippen molar-refractivity contribution >= 4 is 12.3 Å². The first-order chi connectivity index (χ1) is 5.36. The molecule has 0 bridgehead atoms. The summed E-state index contributed by atoms with van der Waals surface area (Å²) in [6, 6.07) is 4.05. The molecule has 0 saturated carbocycles. The monoisotopic (exact) mass is 146 g/mol. The zero-order chi connectivity index (χ0) is 8.10. The zero-order valence-electron chi connectivity index (χ0n) is 6.70. The van der Waals surface area contributed by atoms with Crippen LogP contribution < -0.4 is 4.57 Å². The van der Waals surface area contributed by atoms with Gasteiger partial charge in [-0.2, -0.15) is 4.57 Å². The van der Waals surface area contributed by atoms with Crippen LogP contribution in [-0.4, -0.2) is 0 Å². The van der Waals surface area contributed by atoms with E-state index in [9.17, 15) is 0 Å². The minimum atomic E-state index is 1.19. The van der Waals surface area contributed by atoms with E-state index in [1.807, 2.05) is 36.0 Å². The van der Waals surface area contributed by atoms with Crippen molar-refractivity contribution in [3.05, 3.63) is 42.7 Å². The maximum Gasteiger partial charge on any atom is 0.181 e. The predicted molar refractivity (Wildman–Crippen MR) is 47.7 cm³/mol. The number of rotatable bonds is 2. The van der Waals surface area contributed by atoms with Crippen molar-refractivity contribution in [2.24, 2.45) is 0 Å². The van der Waals surface area contributed by atoms with Crippen molar-refractivity contribution in [3.63, 3.8) is 0 Å². The Morgan fingerprint density at radius 2 is 2.36 bits per heavy atom. The summed E-state index contributed by atoms with van der Waals surface area (Å²) < 4.78 is 1.93. The van der Waals surface area contributed by atoms with Gasteiger partial charge >= 0.3 is 0 Å². The van der Waals surface area contributed by atoms with Gasteiger partial charge in [-0.1, -0.05) is 12.2 Å². The first kappa shape index (κ1) is 7.73. The van der Waals surface area contributed by atoms with Crippen LogP contribution in [0.2, 0.25) is 0 Å². The highest BCUT2D eigenvalue weighted by molar-refractivity contribution is 5.46. The van der Waals surface area contributed by atoms with Gasteiger partial charge in [0, 0.05) is 11.6 Å². The minimum Gasteiger partial charge on any atom is -0.174 e. The molecule has 0 radical (unpaired) electrons. The van der Waals surface area contributed by atoms with Crippen molar-refractivity contribution < 1.29 is 4.57 Å². The van der Waals surface area contributed by atoms with Gasteiger partial charge in [-0.3, -0.25) is 0 Å². The van der Waals surface area contributed by atoms with Gasteiger partial charge < -0.3 is 0 Å². The SMILES string of the molecule is C=C[n+]1cccc(C=CC)c1. The van der Waals surface area contributed by atoms with E-state index in [4.69, 9.17) is 0 Å². The third kappa shape index (κ3) is 2.04. The van der Waals surface area contributed by atoms with Gasteiger partial charge in [0.25, 0.3) is 0 Å². The lowest BCUT2D eigenvalue weighted by molar-refractivity contribution is -0.568. The summed E-state index contributed by atoms with van der Waals surface area (Å²) >= 11 is 0. The molecule has 1 heteroatoms. The summed E-state index contributed by atoms with van der Waals surface area (Å²) in [5, 5.41) is 0. The van der Waals surface area contributed by atoms with Gasteiger partial charge in [-0.05, 0) is 19.6 Å². The molecule has 0 saturated heterocycles. The molecule has 1 rings (SSSR count). The second-order valence-corrected chi connectivity index (χ2v) is 2.27. The summed E-state index contributed by atoms with van der Waals surface area (Å²) in [5.41, 5.74) is 1.19. The van der Waals surface area contributed by atoms with Crippen LogP contribution >= 0.6 is 0 Å². The van der Waals surface area contributed by atoms with E-state index in [1.54, 1.807) is 6.20 Å². The molecule has 0 amide bonds. The number of nitrogens with zero attached hydrogens (tertiary/aromatic N) is 1. The van der Waals surface area contributed by atoms with Crippen LogP contribution in [0.15, 0.2) is 37.2 Å². The third-order valence-electron chi connectivity index (χ3n) is 1.41. The lowest BCUT2D eigenvalue weighted by atomic mass is 10.2. The molecular weight excluding hydrogens is 134 g/mol. The Labute approximate surface area is 67.3 Å². The Morgan fingerprint density at radius 1 is 1.55 bits per heavy atom. The summed E-state index contributed by atoms with van der Waals surface area (Å²) in [6.45, 7) is 5.68. The average molecular weight is 146 g/mol. The molecule has 0 spiro atoms. The van der Waals surface area contributed by atoms with Gasteiger partial charge in [-0.25, -0.2) is 0 Å². The lowest BCUT2D eigenvalue weighted by Gasteiger charge is -1.88. The molecule has 1 aromatic rings. The van der Waals surface area contributed by atoms with Crippen molar-refractivity contribution in [1.29, 1.82) is 0 Å². The van der Waals surface area contributed by atoms with E-state index in [0.29, 0.717) is 0 Å². The second-order valence-electron chi connectivity index (χ2n) is 2.27. The molecular formula is C10H12N+. The molecule has 0 aliphatic carbocycles. The smallest absolute Gasteiger partial charge is 0.174 e. The lowest BCUT2D eigenvalue weighted by Crippen LogP contribution is -2.23. The quantitative estimate of drug-likeness (QED) is 0.562. The van der Waals surface area contributed by atoms with Crippen molar-refractivity contribution in [3.8, 4) is 0 Å². The largest absolute Gasteiger partial charge is 0.181 e. The Balaban J connectivity index is 3.00. The first-order valence-electron chi connectivity index (χ1n) is 3.63. The molecule has 56 valence electrons. The standard InChI is InChI=1S/C10H12N/c1-3-6-10-7-5-8-11(4-2)9-10/h3-9H,2H2,1H3/q+1. The molecule has 11 heavy (non-hydrogen) atoms. The zero-order valence-corrected chi connectivity index (χ0v) is 6.70. The third-order valence-corrected chi connectivity index (χ3v) is 1.41. The van der Waals surface area contributed by atoms with Gasteiger partial charge in [0.05, 0.1) is 0 Å². The number of allylic oxidation sites excluding steroid dienone is 1. The second kappa shape index (κ2) is 3.71. The van der Waals surface area contributed by atoms with Crippen molar-refractivity contribution in [2.75, 3.05) is 0 Å². The van der Waals surface area contributed by atoms with Gasteiger partial charge in [0.15, 0.2) is 18.6 Å². The summed E-state index contributed by atoms with van der Waals surface area (Å²) in [4.78, 5) is 0. The fraction of sp³-hybridized carbons (Fsp3) is 0.100. The predicted octanol–water partition coefficient (Wildman–Crippen LogP) is 2.11. The number of pyridine rings is 1. The topological polar surface area (TPSA) is 3.88 Å². The van der Waals surface area contributed by atoms with Gasteiger partial charge in [-0.15, -0.1) is 0 Å².